The molecule has 0 aromatic rings. The molecule has 3 N–H and O–H groups in total. The number of piperidine rings is 1. The van der Waals surface area contributed by atoms with Crippen LogP contribution < -0.4 is 5.73 Å². The van der Waals surface area contributed by atoms with Crippen LogP contribution >= 0.6 is 0 Å². The molecule has 1 rings (SSSR count). The first-order chi connectivity index (χ1) is 3.79. The highest BCUT2D eigenvalue weighted by Gasteiger charge is 2.13. The summed E-state index contributed by atoms with van der Waals surface area (Å²) in [6, 6.07) is 0.728. The van der Waals surface area contributed by atoms with E-state index in [1.807, 2.05) is 0 Å². The third-order valence-electron chi connectivity index (χ3n) is 1.84. The Morgan fingerprint density at radius 1 is 1.38 bits per heavy atom. The smallest absolute Gasteiger partial charge is 0.0868 e. The third-order valence-corrected chi connectivity index (χ3v) is 1.84. The van der Waals surface area contributed by atoms with E-state index >= 15 is 0 Å². The summed E-state index contributed by atoms with van der Waals surface area (Å²) in [4.78, 5) is 2.36. The van der Waals surface area contributed by atoms with Crippen molar-refractivity contribution >= 4 is 0 Å². The van der Waals surface area contributed by atoms with Crippen LogP contribution in [-0.4, -0.2) is 31.1 Å². The number of quaternary nitrogens is 1. The van der Waals surface area contributed by atoms with Crippen LogP contribution in [0.25, 0.3) is 0 Å². The standard InChI is InChI=1S/C6H14N2/c1-8-4-2-6(7)3-5-8/h6H,2-5,7H2,1H3/p+1. The largest absolute Gasteiger partial charge is 0.355 e. The van der Waals surface area contributed by atoms with Crippen molar-refractivity contribution in [1.82, 2.24) is 4.90 Å². The Bertz CT molecular complexity index is 54.9. The minimum absolute atomic E-state index is 0.728. The Kier molecular flexibility index (Phi) is 1.86. The van der Waals surface area contributed by atoms with Gasteiger partial charge in [-0.2, -0.15) is 0 Å². The van der Waals surface area contributed by atoms with Gasteiger partial charge >= 0.3 is 0 Å². The summed E-state index contributed by atoms with van der Waals surface area (Å²) in [5.41, 5.74) is 4.01. The highest BCUT2D eigenvalue weighted by atomic mass is 15.1. The SMILES string of the molecule is CN1CCC([NH3+])CC1. The number of nitrogens with zero attached hydrogens (tertiary/aromatic N) is 1. The average Bonchev–Trinajstić information content (AvgIpc) is 1.77. The fourth-order valence-corrected chi connectivity index (χ4v) is 1.06. The van der Waals surface area contributed by atoms with Crippen LogP contribution in [-0.2, 0) is 0 Å². The zero-order chi connectivity index (χ0) is 5.98. The lowest BCUT2D eigenvalue weighted by atomic mass is 10.1. The van der Waals surface area contributed by atoms with Crippen LogP contribution in [0.3, 0.4) is 0 Å². The van der Waals surface area contributed by atoms with Gasteiger partial charge in [-0.05, 0) is 7.05 Å². The third kappa shape index (κ3) is 1.46. The summed E-state index contributed by atoms with van der Waals surface area (Å²) in [7, 11) is 2.17. The number of hydrogen-bond donors (Lipinski definition) is 1. The van der Waals surface area contributed by atoms with E-state index in [9.17, 15) is 0 Å². The van der Waals surface area contributed by atoms with Gasteiger partial charge in [-0.1, -0.05) is 0 Å². The van der Waals surface area contributed by atoms with Crippen LogP contribution in [0.1, 0.15) is 12.8 Å². The lowest BCUT2D eigenvalue weighted by molar-refractivity contribution is -0.426. The van der Waals surface area contributed by atoms with Gasteiger partial charge in [-0.3, -0.25) is 0 Å². The molecule has 0 saturated carbocycles. The van der Waals surface area contributed by atoms with Crippen molar-refractivity contribution in [2.45, 2.75) is 18.9 Å². The van der Waals surface area contributed by atoms with Gasteiger partial charge in [-0.25, -0.2) is 0 Å². The fourth-order valence-electron chi connectivity index (χ4n) is 1.06. The summed E-state index contributed by atoms with van der Waals surface area (Å²) in [5.74, 6) is 0. The van der Waals surface area contributed by atoms with Gasteiger partial charge < -0.3 is 10.6 Å². The Morgan fingerprint density at radius 3 is 2.25 bits per heavy atom. The fraction of sp³-hybridized carbons (Fsp3) is 1.00. The molecule has 0 bridgehead atoms. The maximum atomic E-state index is 4.01. The van der Waals surface area contributed by atoms with Crippen molar-refractivity contribution in [3.63, 3.8) is 0 Å². The summed E-state index contributed by atoms with van der Waals surface area (Å²) in [6.07, 6.45) is 2.58. The van der Waals surface area contributed by atoms with Crippen molar-refractivity contribution in [1.29, 1.82) is 0 Å². The first-order valence-electron chi connectivity index (χ1n) is 3.30. The van der Waals surface area contributed by atoms with Gasteiger partial charge in [0.05, 0.1) is 6.04 Å². The zero-order valence-corrected chi connectivity index (χ0v) is 5.56. The van der Waals surface area contributed by atoms with Gasteiger partial charge in [0.15, 0.2) is 0 Å². The van der Waals surface area contributed by atoms with Crippen molar-refractivity contribution < 1.29 is 5.73 Å². The lowest BCUT2D eigenvalue weighted by Crippen LogP contribution is -2.63. The summed E-state index contributed by atoms with van der Waals surface area (Å²) >= 11 is 0. The Labute approximate surface area is 50.7 Å². The van der Waals surface area contributed by atoms with Gasteiger partial charge in [0.1, 0.15) is 0 Å². The Morgan fingerprint density at radius 2 is 1.88 bits per heavy atom. The van der Waals surface area contributed by atoms with E-state index in [-0.39, 0.29) is 0 Å². The molecule has 2 heteroatoms. The number of rotatable bonds is 0. The monoisotopic (exact) mass is 115 g/mol. The van der Waals surface area contributed by atoms with Crippen molar-refractivity contribution in [2.75, 3.05) is 20.1 Å². The highest BCUT2D eigenvalue weighted by Crippen LogP contribution is 2.02. The maximum absolute atomic E-state index is 4.01. The molecule has 1 saturated heterocycles. The summed E-state index contributed by atoms with van der Waals surface area (Å²) in [5, 5.41) is 0. The molecule has 0 aliphatic carbocycles. The molecule has 48 valence electrons. The van der Waals surface area contributed by atoms with Crippen LogP contribution in [0, 0.1) is 0 Å². The van der Waals surface area contributed by atoms with E-state index in [2.05, 4.69) is 17.7 Å². The average molecular weight is 115 g/mol. The first kappa shape index (κ1) is 6.05. The van der Waals surface area contributed by atoms with E-state index < -0.39 is 0 Å². The zero-order valence-electron chi connectivity index (χ0n) is 5.56. The number of hydrogen-bond acceptors (Lipinski definition) is 1. The molecule has 0 spiro atoms. The normalized spacial score (nSPS) is 26.2. The lowest BCUT2D eigenvalue weighted by Gasteiger charge is -2.23. The second kappa shape index (κ2) is 2.46. The molecule has 0 atom stereocenters. The first-order valence-corrected chi connectivity index (χ1v) is 3.30. The molecule has 1 aliphatic heterocycles. The van der Waals surface area contributed by atoms with Crippen molar-refractivity contribution in [3.8, 4) is 0 Å². The molecule has 2 nitrogen and oxygen atoms in total. The van der Waals surface area contributed by atoms with Gasteiger partial charge in [-0.15, -0.1) is 0 Å². The molecule has 1 aliphatic rings. The van der Waals surface area contributed by atoms with E-state index in [0.29, 0.717) is 0 Å². The maximum Gasteiger partial charge on any atom is 0.0868 e. The molecule has 0 aromatic carbocycles. The van der Waals surface area contributed by atoms with Gasteiger partial charge in [0.2, 0.25) is 0 Å². The Balaban J connectivity index is 2.19. The molecular formula is C6H15N2+. The van der Waals surface area contributed by atoms with Gasteiger partial charge in [0, 0.05) is 25.9 Å². The second-order valence-electron chi connectivity index (χ2n) is 2.75. The Hall–Kier alpha value is -0.0800. The van der Waals surface area contributed by atoms with Crippen LogP contribution in [0.2, 0.25) is 0 Å². The summed E-state index contributed by atoms with van der Waals surface area (Å²) in [6.45, 7) is 2.49. The molecule has 1 heterocycles. The quantitative estimate of drug-likeness (QED) is 0.445. The second-order valence-corrected chi connectivity index (χ2v) is 2.75. The van der Waals surface area contributed by atoms with E-state index in [4.69, 9.17) is 0 Å². The molecule has 0 radical (unpaired) electrons. The van der Waals surface area contributed by atoms with E-state index in [1.54, 1.807) is 0 Å². The molecule has 1 fully saturated rings. The minimum atomic E-state index is 0.728. The molecule has 0 unspecified atom stereocenters. The molecular weight excluding hydrogens is 100 g/mol. The van der Waals surface area contributed by atoms with Crippen LogP contribution in [0.15, 0.2) is 0 Å². The predicted octanol–water partition coefficient (Wildman–Crippen LogP) is -0.677. The highest BCUT2D eigenvalue weighted by molar-refractivity contribution is 4.66. The minimum Gasteiger partial charge on any atom is -0.355 e. The van der Waals surface area contributed by atoms with Crippen molar-refractivity contribution in [2.24, 2.45) is 0 Å². The number of likely N-dealkylation sites (tertiary alicyclic amines) is 1. The topological polar surface area (TPSA) is 30.9 Å². The van der Waals surface area contributed by atoms with Crippen molar-refractivity contribution in [3.05, 3.63) is 0 Å². The van der Waals surface area contributed by atoms with Gasteiger partial charge in [0.25, 0.3) is 0 Å². The molecule has 0 amide bonds. The van der Waals surface area contributed by atoms with Crippen LogP contribution in [0.5, 0.6) is 0 Å². The van der Waals surface area contributed by atoms with Crippen LogP contribution in [0.4, 0.5) is 0 Å². The molecule has 0 aromatic heterocycles. The van der Waals surface area contributed by atoms with E-state index in [0.717, 1.165) is 6.04 Å². The molecule has 8 heavy (non-hydrogen) atoms. The predicted molar refractivity (Wildman–Crippen MR) is 33.4 cm³/mol. The summed E-state index contributed by atoms with van der Waals surface area (Å²) < 4.78 is 0. The van der Waals surface area contributed by atoms with E-state index in [1.165, 1.54) is 25.9 Å².